The molecule has 0 aliphatic heterocycles. The molecular formula is C10H21N5O4S2. The average molecular weight is 339 g/mol. The lowest BCUT2D eigenvalue weighted by atomic mass is 10.5. The van der Waals surface area contributed by atoms with E-state index in [9.17, 15) is 16.8 Å². The molecule has 21 heavy (non-hydrogen) atoms. The second-order valence-electron chi connectivity index (χ2n) is 4.64. The summed E-state index contributed by atoms with van der Waals surface area (Å²) in [5.74, 6) is -0.436. The van der Waals surface area contributed by atoms with Crippen molar-refractivity contribution in [2.45, 2.75) is 24.8 Å². The van der Waals surface area contributed by atoms with Crippen LogP contribution in [0, 0.1) is 0 Å². The highest BCUT2D eigenvalue weighted by Gasteiger charge is 2.22. The van der Waals surface area contributed by atoms with E-state index in [2.05, 4.69) is 9.82 Å². The van der Waals surface area contributed by atoms with Gasteiger partial charge in [-0.25, -0.2) is 25.9 Å². The third-order valence-electron chi connectivity index (χ3n) is 2.71. The van der Waals surface area contributed by atoms with Gasteiger partial charge in [0.25, 0.3) is 0 Å². The van der Waals surface area contributed by atoms with Gasteiger partial charge in [0.2, 0.25) is 20.0 Å². The van der Waals surface area contributed by atoms with Gasteiger partial charge in [-0.2, -0.15) is 5.10 Å². The molecule has 1 heterocycles. The summed E-state index contributed by atoms with van der Waals surface area (Å²) < 4.78 is 52.0. The van der Waals surface area contributed by atoms with Crippen LogP contribution in [-0.2, 0) is 26.6 Å². The minimum Gasteiger partial charge on any atom is -0.381 e. The molecular weight excluding hydrogens is 318 g/mol. The Hall–Kier alpha value is -1.17. The van der Waals surface area contributed by atoms with Crippen LogP contribution in [0.5, 0.6) is 0 Å². The van der Waals surface area contributed by atoms with Gasteiger partial charge in [-0.1, -0.05) is 6.92 Å². The number of sulfonamides is 2. The highest BCUT2D eigenvalue weighted by Crippen LogP contribution is 2.16. The van der Waals surface area contributed by atoms with E-state index in [0.717, 1.165) is 10.7 Å². The van der Waals surface area contributed by atoms with Gasteiger partial charge in [0, 0.05) is 33.4 Å². The molecule has 0 radical (unpaired) electrons. The number of aryl methyl sites for hydroxylation is 1. The third kappa shape index (κ3) is 4.66. The number of hydrogen-bond acceptors (Lipinski definition) is 6. The van der Waals surface area contributed by atoms with Crippen molar-refractivity contribution in [2.75, 3.05) is 32.1 Å². The van der Waals surface area contributed by atoms with E-state index >= 15 is 0 Å². The molecule has 11 heteroatoms. The van der Waals surface area contributed by atoms with Gasteiger partial charge >= 0.3 is 0 Å². The summed E-state index contributed by atoms with van der Waals surface area (Å²) in [6, 6.07) is 0. The van der Waals surface area contributed by atoms with Gasteiger partial charge < -0.3 is 5.73 Å². The van der Waals surface area contributed by atoms with Crippen molar-refractivity contribution in [1.29, 1.82) is 0 Å². The van der Waals surface area contributed by atoms with Gasteiger partial charge in [-0.05, 0) is 6.42 Å². The lowest BCUT2D eigenvalue weighted by molar-refractivity contribution is 0.519. The molecule has 0 fully saturated rings. The third-order valence-corrected chi connectivity index (χ3v) is 6.02. The maximum atomic E-state index is 12.1. The fourth-order valence-electron chi connectivity index (χ4n) is 1.53. The fraction of sp³-hybridized carbons (Fsp3) is 0.700. The Labute approximate surface area is 125 Å². The van der Waals surface area contributed by atoms with Crippen LogP contribution in [0.25, 0.3) is 0 Å². The SMILES string of the molecule is CCCn1cc(S(=O)(=O)NCCS(=O)(=O)N(C)C)c(N)n1. The second-order valence-corrected chi connectivity index (χ2v) is 8.68. The van der Waals surface area contributed by atoms with Crippen LogP contribution in [0.15, 0.2) is 11.1 Å². The first-order valence-electron chi connectivity index (χ1n) is 6.33. The van der Waals surface area contributed by atoms with E-state index in [1.165, 1.54) is 25.0 Å². The summed E-state index contributed by atoms with van der Waals surface area (Å²) in [5.41, 5.74) is 5.59. The van der Waals surface area contributed by atoms with Crippen molar-refractivity contribution < 1.29 is 16.8 Å². The van der Waals surface area contributed by atoms with Crippen molar-refractivity contribution >= 4 is 25.9 Å². The minimum absolute atomic E-state index is 0.105. The van der Waals surface area contributed by atoms with Crippen LogP contribution in [0.2, 0.25) is 0 Å². The van der Waals surface area contributed by atoms with Crippen molar-refractivity contribution in [3.05, 3.63) is 6.20 Å². The molecule has 1 aromatic rings. The van der Waals surface area contributed by atoms with E-state index in [-0.39, 0.29) is 23.0 Å². The highest BCUT2D eigenvalue weighted by molar-refractivity contribution is 7.90. The number of nitrogen functional groups attached to an aromatic ring is 1. The van der Waals surface area contributed by atoms with E-state index in [1.54, 1.807) is 0 Å². The summed E-state index contributed by atoms with van der Waals surface area (Å²) in [6.07, 6.45) is 2.12. The molecule has 0 saturated heterocycles. The predicted octanol–water partition coefficient (Wildman–Crippen LogP) is -0.955. The Bertz CT molecular complexity index is 678. The zero-order valence-corrected chi connectivity index (χ0v) is 13.9. The number of nitrogens with zero attached hydrogens (tertiary/aromatic N) is 3. The summed E-state index contributed by atoms with van der Waals surface area (Å²) in [5, 5.41) is 3.90. The van der Waals surface area contributed by atoms with Crippen molar-refractivity contribution in [3.8, 4) is 0 Å². The van der Waals surface area contributed by atoms with Gasteiger partial charge in [0.1, 0.15) is 4.90 Å². The number of nitrogens with one attached hydrogen (secondary N) is 1. The van der Waals surface area contributed by atoms with Crippen LogP contribution < -0.4 is 10.5 Å². The quantitative estimate of drug-likeness (QED) is 0.628. The van der Waals surface area contributed by atoms with Crippen molar-refractivity contribution in [3.63, 3.8) is 0 Å². The Morgan fingerprint density at radius 1 is 1.33 bits per heavy atom. The molecule has 9 nitrogen and oxygen atoms in total. The van der Waals surface area contributed by atoms with Gasteiger partial charge in [0.05, 0.1) is 5.75 Å². The maximum absolute atomic E-state index is 12.1. The molecule has 1 aromatic heterocycles. The van der Waals surface area contributed by atoms with Crippen LogP contribution in [0.3, 0.4) is 0 Å². The molecule has 0 saturated carbocycles. The zero-order valence-electron chi connectivity index (χ0n) is 12.3. The Balaban J connectivity index is 2.79. The van der Waals surface area contributed by atoms with E-state index in [0.29, 0.717) is 6.54 Å². The smallest absolute Gasteiger partial charge is 0.245 e. The number of aromatic nitrogens is 2. The van der Waals surface area contributed by atoms with Crippen molar-refractivity contribution in [2.24, 2.45) is 0 Å². The molecule has 0 bridgehead atoms. The van der Waals surface area contributed by atoms with Crippen LogP contribution in [-0.4, -0.2) is 57.3 Å². The number of hydrogen-bond donors (Lipinski definition) is 2. The summed E-state index contributed by atoms with van der Waals surface area (Å²) in [7, 11) is -4.57. The first-order valence-corrected chi connectivity index (χ1v) is 9.42. The summed E-state index contributed by atoms with van der Waals surface area (Å²) >= 11 is 0. The molecule has 122 valence electrons. The molecule has 0 spiro atoms. The number of anilines is 1. The van der Waals surface area contributed by atoms with Crippen LogP contribution in [0.1, 0.15) is 13.3 Å². The van der Waals surface area contributed by atoms with E-state index in [4.69, 9.17) is 5.73 Å². The van der Waals surface area contributed by atoms with Crippen LogP contribution in [0.4, 0.5) is 5.82 Å². The topological polar surface area (TPSA) is 127 Å². The Kier molecular flexibility index (Phi) is 5.73. The maximum Gasteiger partial charge on any atom is 0.245 e. The lowest BCUT2D eigenvalue weighted by Crippen LogP contribution is -2.34. The van der Waals surface area contributed by atoms with Crippen molar-refractivity contribution in [1.82, 2.24) is 18.8 Å². The van der Waals surface area contributed by atoms with E-state index < -0.39 is 20.0 Å². The Morgan fingerprint density at radius 3 is 2.48 bits per heavy atom. The average Bonchev–Trinajstić information content (AvgIpc) is 2.71. The van der Waals surface area contributed by atoms with E-state index in [1.807, 2.05) is 6.92 Å². The molecule has 0 atom stereocenters. The van der Waals surface area contributed by atoms with Crippen LogP contribution >= 0.6 is 0 Å². The number of rotatable bonds is 8. The standard InChI is InChI=1S/C10H21N5O4S2/c1-4-6-15-8-9(10(11)13-15)21(18,19)12-5-7-20(16,17)14(2)3/h8,12H,4-7H2,1-3H3,(H2,11,13). The monoisotopic (exact) mass is 339 g/mol. The molecule has 0 aromatic carbocycles. The van der Waals surface area contributed by atoms with Gasteiger partial charge in [-0.15, -0.1) is 0 Å². The normalized spacial score (nSPS) is 13.0. The zero-order chi connectivity index (χ0) is 16.3. The highest BCUT2D eigenvalue weighted by atomic mass is 32.2. The Morgan fingerprint density at radius 2 is 1.95 bits per heavy atom. The molecule has 3 N–H and O–H groups in total. The fourth-order valence-corrected chi connectivity index (χ4v) is 3.49. The summed E-state index contributed by atoms with van der Waals surface area (Å²) in [6.45, 7) is 2.24. The molecule has 0 aliphatic carbocycles. The lowest BCUT2D eigenvalue weighted by Gasteiger charge is -2.11. The van der Waals surface area contributed by atoms with Gasteiger partial charge in [-0.3, -0.25) is 4.68 Å². The largest absolute Gasteiger partial charge is 0.381 e. The minimum atomic E-state index is -3.88. The molecule has 0 aliphatic rings. The second kappa shape index (κ2) is 6.73. The first-order chi connectivity index (χ1) is 9.60. The number of nitrogens with two attached hydrogens (primary N) is 1. The molecule has 0 amide bonds. The summed E-state index contributed by atoms with van der Waals surface area (Å²) in [4.78, 5) is -0.141. The first kappa shape index (κ1) is 17.9. The molecule has 0 unspecified atom stereocenters. The van der Waals surface area contributed by atoms with Gasteiger partial charge in [0.15, 0.2) is 5.82 Å². The predicted molar refractivity (Wildman–Crippen MR) is 79.6 cm³/mol. The molecule has 1 rings (SSSR count).